The summed E-state index contributed by atoms with van der Waals surface area (Å²) in [6.45, 7) is 2.66. The number of halogens is 1. The van der Waals surface area contributed by atoms with Crippen LogP contribution in [0, 0.1) is 0 Å². The smallest absolute Gasteiger partial charge is 0.251 e. The van der Waals surface area contributed by atoms with Crippen molar-refractivity contribution >= 4 is 17.5 Å². The van der Waals surface area contributed by atoms with E-state index in [4.69, 9.17) is 11.6 Å². The average molecular weight is 274 g/mol. The molecule has 98 valence electrons. The van der Waals surface area contributed by atoms with Crippen LogP contribution in [0.25, 0.3) is 0 Å². The van der Waals surface area contributed by atoms with E-state index in [1.165, 1.54) is 5.56 Å². The molecule has 19 heavy (non-hydrogen) atoms. The van der Waals surface area contributed by atoms with Crippen LogP contribution >= 0.6 is 11.6 Å². The second kappa shape index (κ2) is 6.39. The van der Waals surface area contributed by atoms with E-state index in [1.807, 2.05) is 12.1 Å². The Kier molecular flexibility index (Phi) is 4.58. The minimum atomic E-state index is -0.0868. The lowest BCUT2D eigenvalue weighted by atomic mass is 10.1. The number of rotatable bonds is 4. The van der Waals surface area contributed by atoms with Crippen molar-refractivity contribution in [2.24, 2.45) is 0 Å². The van der Waals surface area contributed by atoms with Crippen molar-refractivity contribution in [3.05, 3.63) is 70.2 Å². The fraction of sp³-hybridized carbons (Fsp3) is 0.188. The van der Waals surface area contributed by atoms with Gasteiger partial charge in [0, 0.05) is 17.1 Å². The highest BCUT2D eigenvalue weighted by Gasteiger charge is 2.04. The van der Waals surface area contributed by atoms with Crippen molar-refractivity contribution in [2.75, 3.05) is 0 Å². The number of hydrogen-bond donors (Lipinski definition) is 1. The van der Waals surface area contributed by atoms with E-state index >= 15 is 0 Å². The van der Waals surface area contributed by atoms with Crippen LogP contribution in [-0.4, -0.2) is 5.91 Å². The summed E-state index contributed by atoms with van der Waals surface area (Å²) in [6.07, 6.45) is 1.03. The van der Waals surface area contributed by atoms with Gasteiger partial charge in [0.1, 0.15) is 0 Å². The van der Waals surface area contributed by atoms with Crippen LogP contribution in [0.1, 0.15) is 28.4 Å². The van der Waals surface area contributed by atoms with Gasteiger partial charge in [-0.15, -0.1) is 0 Å². The van der Waals surface area contributed by atoms with Gasteiger partial charge in [0.2, 0.25) is 0 Å². The zero-order valence-electron chi connectivity index (χ0n) is 10.8. The van der Waals surface area contributed by atoms with Gasteiger partial charge in [-0.1, -0.05) is 42.8 Å². The van der Waals surface area contributed by atoms with Gasteiger partial charge in [-0.2, -0.15) is 0 Å². The molecule has 1 amide bonds. The van der Waals surface area contributed by atoms with Crippen LogP contribution < -0.4 is 5.32 Å². The first-order valence-corrected chi connectivity index (χ1v) is 6.68. The van der Waals surface area contributed by atoms with E-state index in [0.29, 0.717) is 17.1 Å². The van der Waals surface area contributed by atoms with Gasteiger partial charge in [0.05, 0.1) is 0 Å². The molecular formula is C16H16ClNO. The van der Waals surface area contributed by atoms with E-state index in [0.717, 1.165) is 12.0 Å². The van der Waals surface area contributed by atoms with E-state index in [2.05, 4.69) is 24.4 Å². The zero-order chi connectivity index (χ0) is 13.7. The maximum absolute atomic E-state index is 11.9. The maximum atomic E-state index is 11.9. The molecule has 2 nitrogen and oxygen atoms in total. The third-order valence-electron chi connectivity index (χ3n) is 2.99. The Bertz CT molecular complexity index is 546. The van der Waals surface area contributed by atoms with Crippen LogP contribution in [0.15, 0.2) is 48.5 Å². The summed E-state index contributed by atoms with van der Waals surface area (Å²) >= 11 is 5.79. The SMILES string of the molecule is CCc1ccc(CNC(=O)c2ccc(Cl)cc2)cc1. The van der Waals surface area contributed by atoms with E-state index in [9.17, 15) is 4.79 Å². The highest BCUT2D eigenvalue weighted by molar-refractivity contribution is 6.30. The first-order chi connectivity index (χ1) is 9.19. The van der Waals surface area contributed by atoms with Crippen molar-refractivity contribution in [3.63, 3.8) is 0 Å². The van der Waals surface area contributed by atoms with Gasteiger partial charge in [-0.25, -0.2) is 0 Å². The maximum Gasteiger partial charge on any atom is 0.251 e. The highest BCUT2D eigenvalue weighted by atomic mass is 35.5. The molecule has 0 radical (unpaired) electrons. The number of nitrogens with one attached hydrogen (secondary N) is 1. The standard InChI is InChI=1S/C16H16ClNO/c1-2-12-3-5-13(6-4-12)11-18-16(19)14-7-9-15(17)10-8-14/h3-10H,2,11H2,1H3,(H,18,19). The molecular weight excluding hydrogens is 258 g/mol. The molecule has 0 aliphatic heterocycles. The van der Waals surface area contributed by atoms with Gasteiger partial charge < -0.3 is 5.32 Å². The minimum absolute atomic E-state index is 0.0868. The van der Waals surface area contributed by atoms with Gasteiger partial charge in [-0.05, 0) is 41.8 Å². The minimum Gasteiger partial charge on any atom is -0.348 e. The van der Waals surface area contributed by atoms with Crippen molar-refractivity contribution in [2.45, 2.75) is 19.9 Å². The normalized spacial score (nSPS) is 10.2. The van der Waals surface area contributed by atoms with Crippen LogP contribution in [0.2, 0.25) is 5.02 Å². The second-order valence-corrected chi connectivity index (χ2v) is 4.80. The fourth-order valence-electron chi connectivity index (χ4n) is 1.78. The lowest BCUT2D eigenvalue weighted by Crippen LogP contribution is -2.22. The lowest BCUT2D eigenvalue weighted by molar-refractivity contribution is 0.0951. The summed E-state index contributed by atoms with van der Waals surface area (Å²) in [4.78, 5) is 11.9. The van der Waals surface area contributed by atoms with Crippen molar-refractivity contribution in [1.82, 2.24) is 5.32 Å². The zero-order valence-corrected chi connectivity index (χ0v) is 11.6. The summed E-state index contributed by atoms with van der Waals surface area (Å²) in [5.41, 5.74) is 3.02. The molecule has 0 saturated heterocycles. The molecule has 0 saturated carbocycles. The van der Waals surface area contributed by atoms with E-state index in [1.54, 1.807) is 24.3 Å². The second-order valence-electron chi connectivity index (χ2n) is 4.36. The third kappa shape index (κ3) is 3.83. The molecule has 2 aromatic rings. The summed E-state index contributed by atoms with van der Waals surface area (Å²) in [7, 11) is 0. The number of amides is 1. The average Bonchev–Trinajstić information content (AvgIpc) is 2.46. The van der Waals surface area contributed by atoms with Gasteiger partial charge in [0.15, 0.2) is 0 Å². The number of hydrogen-bond acceptors (Lipinski definition) is 1. The molecule has 3 heteroatoms. The largest absolute Gasteiger partial charge is 0.348 e. The quantitative estimate of drug-likeness (QED) is 0.901. The molecule has 2 rings (SSSR count). The summed E-state index contributed by atoms with van der Waals surface area (Å²) in [6, 6.07) is 15.1. The van der Waals surface area contributed by atoms with Gasteiger partial charge >= 0.3 is 0 Å². The molecule has 0 bridgehead atoms. The molecule has 0 fully saturated rings. The fourth-order valence-corrected chi connectivity index (χ4v) is 1.90. The molecule has 0 heterocycles. The predicted octanol–water partition coefficient (Wildman–Crippen LogP) is 3.83. The van der Waals surface area contributed by atoms with Crippen LogP contribution in [-0.2, 0) is 13.0 Å². The molecule has 0 aliphatic carbocycles. The molecule has 0 unspecified atom stereocenters. The van der Waals surface area contributed by atoms with Crippen LogP contribution in [0.3, 0.4) is 0 Å². The van der Waals surface area contributed by atoms with Gasteiger partial charge in [-0.3, -0.25) is 4.79 Å². The highest BCUT2D eigenvalue weighted by Crippen LogP contribution is 2.10. The number of carbonyl (C=O) groups excluding carboxylic acids is 1. The van der Waals surface area contributed by atoms with Crippen molar-refractivity contribution in [1.29, 1.82) is 0 Å². The molecule has 1 N–H and O–H groups in total. The molecule has 0 atom stereocenters. The van der Waals surface area contributed by atoms with Crippen LogP contribution in [0.4, 0.5) is 0 Å². The third-order valence-corrected chi connectivity index (χ3v) is 3.24. The molecule has 0 spiro atoms. The van der Waals surface area contributed by atoms with Crippen molar-refractivity contribution in [3.8, 4) is 0 Å². The number of benzene rings is 2. The summed E-state index contributed by atoms with van der Waals surface area (Å²) in [5.74, 6) is -0.0868. The summed E-state index contributed by atoms with van der Waals surface area (Å²) < 4.78 is 0. The predicted molar refractivity (Wildman–Crippen MR) is 78.4 cm³/mol. The summed E-state index contributed by atoms with van der Waals surface area (Å²) in [5, 5.41) is 3.52. The lowest BCUT2D eigenvalue weighted by Gasteiger charge is -2.06. The topological polar surface area (TPSA) is 29.1 Å². The Balaban J connectivity index is 1.94. The molecule has 2 aromatic carbocycles. The first kappa shape index (κ1) is 13.6. The Morgan fingerprint density at radius 1 is 1.00 bits per heavy atom. The Morgan fingerprint density at radius 2 is 1.58 bits per heavy atom. The first-order valence-electron chi connectivity index (χ1n) is 6.30. The number of carbonyl (C=O) groups is 1. The molecule has 0 aliphatic rings. The Morgan fingerprint density at radius 3 is 2.16 bits per heavy atom. The van der Waals surface area contributed by atoms with Crippen molar-refractivity contribution < 1.29 is 4.79 Å². The Hall–Kier alpha value is -1.80. The molecule has 0 aromatic heterocycles. The van der Waals surface area contributed by atoms with Crippen LogP contribution in [0.5, 0.6) is 0 Å². The van der Waals surface area contributed by atoms with E-state index in [-0.39, 0.29) is 5.91 Å². The number of aryl methyl sites for hydroxylation is 1. The monoisotopic (exact) mass is 273 g/mol. The van der Waals surface area contributed by atoms with E-state index < -0.39 is 0 Å². The van der Waals surface area contributed by atoms with Gasteiger partial charge in [0.25, 0.3) is 5.91 Å². The Labute approximate surface area is 118 Å².